The number of benzene rings is 8. The van der Waals surface area contributed by atoms with Gasteiger partial charge in [0.05, 0.1) is 67.5 Å². The van der Waals surface area contributed by atoms with Gasteiger partial charge in [-0.25, -0.2) is 58.0 Å². The minimum absolute atomic E-state index is 0. The topological polar surface area (TPSA) is 348 Å². The molecular formula is C98H120Cl3FN18O13S8. The predicted octanol–water partition coefficient (Wildman–Crippen LogP) is 18.7. The zero-order valence-electron chi connectivity index (χ0n) is 76.8. The Balaban J connectivity index is 0.000000217. The minimum Gasteiger partial charge on any atom is -0.378 e. The lowest BCUT2D eigenvalue weighted by atomic mass is 9.89. The van der Waals surface area contributed by atoms with Crippen molar-refractivity contribution in [2.24, 2.45) is 0 Å². The first-order valence-electron chi connectivity index (χ1n) is 46.1. The number of anilines is 7. The second-order valence-corrected chi connectivity index (χ2v) is 46.4. The molecule has 13 aromatic rings. The molecule has 7 aliphatic heterocycles. The summed E-state index contributed by atoms with van der Waals surface area (Å²) in [5.41, 5.74) is 7.31. The summed E-state index contributed by atoms with van der Waals surface area (Å²) >= 11 is 23.7. The van der Waals surface area contributed by atoms with Crippen molar-refractivity contribution in [2.75, 3.05) is 138 Å². The first kappa shape index (κ1) is 102. The van der Waals surface area contributed by atoms with E-state index in [-0.39, 0.29) is 90.7 Å². The van der Waals surface area contributed by atoms with Gasteiger partial charge in [0.1, 0.15) is 5.82 Å². The average molecular weight is 2140 g/mol. The van der Waals surface area contributed by atoms with E-state index in [2.05, 4.69) is 101 Å². The van der Waals surface area contributed by atoms with Crippen LogP contribution in [0.15, 0.2) is 266 Å². The maximum Gasteiger partial charge on any atom is 0.263 e. The van der Waals surface area contributed by atoms with E-state index in [0.717, 1.165) is 111 Å². The molecule has 0 radical (unpaired) electrons. The number of nitrogens with one attached hydrogen (secondary N) is 4. The number of aryl methyl sites for hydroxylation is 1. The van der Waals surface area contributed by atoms with Gasteiger partial charge in [0.15, 0.2) is 20.5 Å². The second kappa shape index (κ2) is 45.5. The third-order valence-corrected chi connectivity index (χ3v) is 35.9. The molecule has 31 nitrogen and oxygen atoms in total. The fourth-order valence-corrected chi connectivity index (χ4v) is 26.9. The number of likely N-dealkylation sites (tertiary alicyclic amines) is 1. The molecule has 12 heterocycles. The molecule has 0 spiro atoms. The lowest BCUT2D eigenvalue weighted by Gasteiger charge is -2.40. The van der Waals surface area contributed by atoms with Gasteiger partial charge >= 0.3 is 0 Å². The number of ether oxygens (including phenoxy) is 1. The number of thiazole rings is 4. The smallest absolute Gasteiger partial charge is 0.263 e. The molecular weight excluding hydrogens is 2020 g/mol. The summed E-state index contributed by atoms with van der Waals surface area (Å²) in [6, 6.07) is 56.4. The van der Waals surface area contributed by atoms with Gasteiger partial charge in [-0.2, -0.15) is 0 Å². The van der Waals surface area contributed by atoms with Crippen LogP contribution in [0, 0.1) is 5.82 Å². The number of hydrogen-bond donors (Lipinski definition) is 4. The second-order valence-electron chi connectivity index (χ2n) is 34.8. The van der Waals surface area contributed by atoms with Gasteiger partial charge in [0, 0.05) is 213 Å². The number of morpholine rings is 1. The lowest BCUT2D eigenvalue weighted by molar-refractivity contribution is -0.132. The molecule has 7 fully saturated rings. The molecule has 1 unspecified atom stereocenters. The number of para-hydroxylation sites is 1. The van der Waals surface area contributed by atoms with Crippen LogP contribution in [0.1, 0.15) is 110 Å². The molecule has 7 aliphatic rings. The zero-order chi connectivity index (χ0) is 98.7. The van der Waals surface area contributed by atoms with Crippen LogP contribution in [0.5, 0.6) is 0 Å². The number of aromatic nitrogens is 5. The zero-order valence-corrected chi connectivity index (χ0v) is 85.6. The van der Waals surface area contributed by atoms with Crippen LogP contribution in [-0.4, -0.2) is 234 Å². The Labute approximate surface area is 862 Å². The van der Waals surface area contributed by atoms with Crippen molar-refractivity contribution < 1.29 is 73.4 Å². The minimum atomic E-state index is -3.76. The summed E-state index contributed by atoms with van der Waals surface area (Å²) in [4.78, 5) is 87.9. The van der Waals surface area contributed by atoms with Crippen LogP contribution < -0.4 is 33.6 Å². The average Bonchev–Trinajstić information content (AvgIpc) is 1.66. The molecule has 5 aromatic heterocycles. The summed E-state index contributed by atoms with van der Waals surface area (Å²) in [5, 5.41) is 10.9. The molecule has 43 heteroatoms. The molecule has 20 rings (SSSR count). The van der Waals surface area contributed by atoms with Crippen LogP contribution in [0.2, 0.25) is 15.1 Å². The number of halogens is 4. The number of nitrogens with zero attached hydrogens (tertiary/aromatic N) is 14. The monoisotopic (exact) mass is 2140 g/mol. The van der Waals surface area contributed by atoms with Crippen LogP contribution in [-0.2, 0) is 70.6 Å². The molecule has 4 amide bonds. The molecule has 0 aliphatic carbocycles. The van der Waals surface area contributed by atoms with Crippen LogP contribution in [0.4, 0.5) is 42.0 Å². The Morgan fingerprint density at radius 3 is 1.28 bits per heavy atom. The van der Waals surface area contributed by atoms with E-state index < -0.39 is 40.1 Å². The first-order chi connectivity index (χ1) is 68.0. The standard InChI is InChI=1S/C25H25ClN4O3S2.C25H28FN5O3S2.C25H29N5O3S2.C23H22Cl2N4O4S2.8H2/c26-22-3-1-2-20-10-15-30(24(20)22)16-11-23(31)29-13-8-19(9-14-29)18-4-6-21(7-5-18)35(32,33)28-25-27-12-17-34-25;1-18(19-3-2-4-20(26)17-19)29-12-14-30(15-13-29)23-9-11-31(24(23)32)21-5-7-22(8-6-21)36(33,34)28-25-27-10-16-35-25;1-19(20-5-3-2-4-6-20)28-14-16-29(17-15-28)23-11-13-30(24(23)31)21-7-9-22(10-8-21)35(32,33)27-25-26-12-18-34-25;24-16-11-15(12-17(25)13-16)21-14-33-9-8-29(21)20-5-7-28(22(20)30)18-1-3-19(4-2-18)35(31,32)27-23-26-6-10-34-23;;;;;;;;/h1-7,10,12,15,17,19H,8-9,11,13-14,16H2,(H,27,28);2-8,10,16-18,23H,9,11-15H2,1H3,(H,27,28);2-10,12,18-19,23H,11,13-17H2,1H3,(H,26,27);1-4,6,10-13,20-21H,5,7-9,14H2,(H,26,27);8*1H/t;18-,23-;19-,23-;20-,21?;;;;;;;;/m.000......../s1. The van der Waals surface area contributed by atoms with Crippen molar-refractivity contribution in [1.82, 2.24) is 53.9 Å². The fourth-order valence-electron chi connectivity index (χ4n) is 18.9. The Hall–Kier alpha value is -10.7. The number of carbonyl (C=O) groups is 4. The largest absolute Gasteiger partial charge is 0.378 e. The molecule has 0 saturated carbocycles. The highest BCUT2D eigenvalue weighted by atomic mass is 35.5. The normalized spacial score (nSPS) is 19.4. The summed E-state index contributed by atoms with van der Waals surface area (Å²) in [5.74, 6) is 0.323. The van der Waals surface area contributed by atoms with Crippen molar-refractivity contribution >= 4 is 192 Å². The third kappa shape index (κ3) is 24.7. The van der Waals surface area contributed by atoms with Crippen LogP contribution >= 0.6 is 80.1 Å². The number of carbonyl (C=O) groups excluding carboxylic acids is 4. The molecule has 6 atom stereocenters. The van der Waals surface area contributed by atoms with E-state index in [1.807, 2.05) is 76.3 Å². The molecule has 7 saturated heterocycles. The number of sulfonamides is 4. The summed E-state index contributed by atoms with van der Waals surface area (Å²) < 4.78 is 132. The summed E-state index contributed by atoms with van der Waals surface area (Å²) in [6.07, 6.45) is 12.4. The number of fused-ring (bicyclic) bond motifs is 1. The van der Waals surface area contributed by atoms with Gasteiger partial charge in [-0.15, -0.1) is 45.3 Å². The number of piperazine rings is 2. The Morgan fingerprint density at radius 2 is 0.851 bits per heavy atom. The fraction of sp³-hybridized carbons (Fsp3) is 0.327. The molecule has 0 bridgehead atoms. The van der Waals surface area contributed by atoms with Gasteiger partial charge in [-0.3, -0.25) is 62.6 Å². The SMILES string of the molecule is C[C@@H](c1cccc(F)c1)N1CCN([C@H]2CCN(c3ccc(S(=O)(=O)Nc4nccs4)cc3)C2=O)CC1.C[C@@H](c1ccccc1)N1CCN([C@H]2CCN(c3ccc(S(=O)(=O)Nc4nccs4)cc3)C2=O)CC1.O=C(CCn1ccc2cccc(Cl)c21)N1CCC(c2ccc(S(=O)(=O)Nc3nccs3)cc2)CC1.O=C1[C@@H](N2CCOCC2c2cc(Cl)cc(Cl)c2)CCN1c1ccc(S(=O)(=O)Nc2nccs2)cc1.[HH].[HH].[HH].[HH].[HH].[HH].[HH].[HH]. The lowest BCUT2D eigenvalue weighted by Crippen LogP contribution is -2.52. The van der Waals surface area contributed by atoms with E-state index in [4.69, 9.17) is 39.5 Å². The van der Waals surface area contributed by atoms with Gasteiger partial charge < -0.3 is 28.9 Å². The van der Waals surface area contributed by atoms with Gasteiger partial charge in [-0.05, 0) is 202 Å². The highest BCUT2D eigenvalue weighted by molar-refractivity contribution is 7.94. The number of piperidine rings is 1. The maximum absolute atomic E-state index is 13.6. The molecule has 4 N–H and O–H groups in total. The number of amides is 4. The summed E-state index contributed by atoms with van der Waals surface area (Å²) in [6.45, 7) is 16.4. The number of hydrogen-bond acceptors (Lipinski definition) is 26. The first-order valence-corrected chi connectivity index (χ1v) is 56.7. The molecule has 8 aromatic carbocycles. The number of rotatable bonds is 27. The predicted molar refractivity (Wildman–Crippen MR) is 569 cm³/mol. The Morgan fingerprint density at radius 1 is 0.440 bits per heavy atom. The van der Waals surface area contributed by atoms with E-state index in [0.29, 0.717) is 131 Å². The van der Waals surface area contributed by atoms with Gasteiger partial charge in [0.25, 0.3) is 40.1 Å². The third-order valence-electron chi connectivity index (χ3n) is 26.5. The van der Waals surface area contributed by atoms with Crippen LogP contribution in [0.3, 0.4) is 0 Å². The van der Waals surface area contributed by atoms with Crippen molar-refractivity contribution in [3.05, 3.63) is 290 Å². The van der Waals surface area contributed by atoms with E-state index in [1.54, 1.807) is 115 Å². The quantitative estimate of drug-likeness (QED) is 0.0371. The van der Waals surface area contributed by atoms with E-state index in [1.165, 1.54) is 106 Å². The van der Waals surface area contributed by atoms with Crippen molar-refractivity contribution in [3.8, 4) is 0 Å². The highest BCUT2D eigenvalue weighted by Gasteiger charge is 2.44. The van der Waals surface area contributed by atoms with E-state index in [9.17, 15) is 57.2 Å². The summed E-state index contributed by atoms with van der Waals surface area (Å²) in [7, 11) is -14.9. The van der Waals surface area contributed by atoms with Crippen molar-refractivity contribution in [1.29, 1.82) is 0 Å². The van der Waals surface area contributed by atoms with E-state index >= 15 is 0 Å². The van der Waals surface area contributed by atoms with Crippen molar-refractivity contribution in [2.45, 2.75) is 121 Å². The maximum atomic E-state index is 13.6. The van der Waals surface area contributed by atoms with Gasteiger partial charge in [-0.1, -0.05) is 102 Å². The van der Waals surface area contributed by atoms with Crippen LogP contribution in [0.25, 0.3) is 10.9 Å². The molecule has 756 valence electrons. The highest BCUT2D eigenvalue weighted by Crippen LogP contribution is 2.39. The van der Waals surface area contributed by atoms with Gasteiger partial charge in [0.2, 0.25) is 23.6 Å². The Bertz CT molecular complexity index is 6990. The van der Waals surface area contributed by atoms with Crippen molar-refractivity contribution in [3.63, 3.8) is 0 Å². The Kier molecular flexibility index (Phi) is 32.8. The molecule has 141 heavy (non-hydrogen) atoms.